The van der Waals surface area contributed by atoms with Crippen LogP contribution in [0.3, 0.4) is 0 Å². The average molecular weight is 385 g/mol. The van der Waals surface area contributed by atoms with Crippen LogP contribution in [-0.4, -0.2) is 33.8 Å². The summed E-state index contributed by atoms with van der Waals surface area (Å²) in [6, 6.07) is 14.1. The van der Waals surface area contributed by atoms with Crippen molar-refractivity contribution in [3.63, 3.8) is 0 Å². The highest BCUT2D eigenvalue weighted by Gasteiger charge is 2.11. The molecule has 5 aromatic rings. The zero-order valence-corrected chi connectivity index (χ0v) is 16.0. The van der Waals surface area contributed by atoms with Gasteiger partial charge in [-0.15, -0.1) is 0 Å². The van der Waals surface area contributed by atoms with Gasteiger partial charge in [0.1, 0.15) is 0 Å². The van der Waals surface area contributed by atoms with Gasteiger partial charge in [-0.3, -0.25) is 5.10 Å². The molecule has 0 spiro atoms. The Morgan fingerprint density at radius 3 is 2.72 bits per heavy atom. The molecule has 0 amide bonds. The molecule has 0 saturated carbocycles. The molecule has 7 nitrogen and oxygen atoms in total. The van der Waals surface area contributed by atoms with Gasteiger partial charge in [-0.25, -0.2) is 4.98 Å². The Bertz CT molecular complexity index is 1320. The molecule has 0 aliphatic rings. The standard InChI is InChI=1S/C22H19N5O2/c1-28-20-6-5-17(11-21(20)29-2)25-19-10-16(13-27-8-7-23-22(19)27)14-3-4-15-12-24-26-18(15)9-14/h3-13,25H,1-2H3,(H,24,26). The van der Waals surface area contributed by atoms with Crippen molar-refractivity contribution < 1.29 is 9.47 Å². The summed E-state index contributed by atoms with van der Waals surface area (Å²) < 4.78 is 12.8. The Kier molecular flexibility index (Phi) is 4.05. The number of benzene rings is 2. The first-order valence-corrected chi connectivity index (χ1v) is 9.14. The van der Waals surface area contributed by atoms with Crippen molar-refractivity contribution in [2.24, 2.45) is 0 Å². The van der Waals surface area contributed by atoms with Crippen molar-refractivity contribution in [1.29, 1.82) is 0 Å². The molecule has 144 valence electrons. The minimum Gasteiger partial charge on any atom is -0.493 e. The number of ether oxygens (including phenoxy) is 2. The first kappa shape index (κ1) is 17.1. The number of imidazole rings is 1. The van der Waals surface area contributed by atoms with E-state index >= 15 is 0 Å². The summed E-state index contributed by atoms with van der Waals surface area (Å²) in [6.07, 6.45) is 7.62. The van der Waals surface area contributed by atoms with Gasteiger partial charge in [0.05, 0.1) is 31.6 Å². The van der Waals surface area contributed by atoms with Crippen LogP contribution in [0.4, 0.5) is 11.4 Å². The molecule has 0 radical (unpaired) electrons. The van der Waals surface area contributed by atoms with Gasteiger partial charge in [0.25, 0.3) is 0 Å². The zero-order chi connectivity index (χ0) is 19.8. The van der Waals surface area contributed by atoms with Crippen LogP contribution in [0.2, 0.25) is 0 Å². The van der Waals surface area contributed by atoms with E-state index in [9.17, 15) is 0 Å². The second kappa shape index (κ2) is 6.87. The highest BCUT2D eigenvalue weighted by atomic mass is 16.5. The topological polar surface area (TPSA) is 76.5 Å². The number of hydrogen-bond donors (Lipinski definition) is 2. The normalized spacial score (nSPS) is 11.1. The van der Waals surface area contributed by atoms with Crippen molar-refractivity contribution in [3.8, 4) is 22.6 Å². The molecule has 0 aliphatic carbocycles. The molecule has 0 bridgehead atoms. The fourth-order valence-corrected chi connectivity index (χ4v) is 3.47. The van der Waals surface area contributed by atoms with Crippen molar-refractivity contribution in [3.05, 3.63) is 67.3 Å². The van der Waals surface area contributed by atoms with Gasteiger partial charge in [-0.2, -0.15) is 5.10 Å². The number of nitrogens with zero attached hydrogens (tertiary/aromatic N) is 3. The molecular weight excluding hydrogens is 366 g/mol. The smallest absolute Gasteiger partial charge is 0.162 e. The van der Waals surface area contributed by atoms with Crippen LogP contribution < -0.4 is 14.8 Å². The van der Waals surface area contributed by atoms with Gasteiger partial charge in [-0.05, 0) is 29.8 Å². The maximum absolute atomic E-state index is 5.42. The van der Waals surface area contributed by atoms with Gasteiger partial charge >= 0.3 is 0 Å². The lowest BCUT2D eigenvalue weighted by molar-refractivity contribution is 0.355. The number of hydrogen-bond acceptors (Lipinski definition) is 5. The van der Waals surface area contributed by atoms with E-state index in [4.69, 9.17) is 9.47 Å². The predicted molar refractivity (Wildman–Crippen MR) is 113 cm³/mol. The summed E-state index contributed by atoms with van der Waals surface area (Å²) in [5.41, 5.74) is 5.77. The van der Waals surface area contributed by atoms with E-state index in [1.54, 1.807) is 20.4 Å². The Morgan fingerprint density at radius 2 is 1.86 bits per heavy atom. The quantitative estimate of drug-likeness (QED) is 0.461. The molecule has 0 atom stereocenters. The molecule has 3 aromatic heterocycles. The second-order valence-electron chi connectivity index (χ2n) is 6.67. The van der Waals surface area contributed by atoms with Gasteiger partial charge in [-0.1, -0.05) is 12.1 Å². The van der Waals surface area contributed by atoms with E-state index in [0.717, 1.165) is 39.1 Å². The summed E-state index contributed by atoms with van der Waals surface area (Å²) in [6.45, 7) is 0. The first-order valence-electron chi connectivity index (χ1n) is 9.14. The summed E-state index contributed by atoms with van der Waals surface area (Å²) in [5.74, 6) is 1.35. The highest BCUT2D eigenvalue weighted by molar-refractivity contribution is 5.86. The third-order valence-electron chi connectivity index (χ3n) is 4.93. The van der Waals surface area contributed by atoms with Gasteiger partial charge in [0.2, 0.25) is 0 Å². The molecule has 0 fully saturated rings. The number of rotatable bonds is 5. The lowest BCUT2D eigenvalue weighted by Gasteiger charge is -2.13. The zero-order valence-electron chi connectivity index (χ0n) is 16.0. The minimum atomic E-state index is 0.665. The van der Waals surface area contributed by atoms with Crippen LogP contribution in [0.1, 0.15) is 0 Å². The summed E-state index contributed by atoms with van der Waals surface area (Å²) >= 11 is 0. The van der Waals surface area contributed by atoms with E-state index in [1.807, 2.05) is 35.0 Å². The van der Waals surface area contributed by atoms with E-state index in [1.165, 1.54) is 0 Å². The van der Waals surface area contributed by atoms with Crippen LogP contribution >= 0.6 is 0 Å². The molecular formula is C22H19N5O2. The number of pyridine rings is 1. The van der Waals surface area contributed by atoms with Crippen LogP contribution in [0, 0.1) is 0 Å². The van der Waals surface area contributed by atoms with Crippen LogP contribution in [0.5, 0.6) is 11.5 Å². The van der Waals surface area contributed by atoms with E-state index in [-0.39, 0.29) is 0 Å². The van der Waals surface area contributed by atoms with Crippen molar-refractivity contribution in [1.82, 2.24) is 19.6 Å². The third-order valence-corrected chi connectivity index (χ3v) is 4.93. The lowest BCUT2D eigenvalue weighted by atomic mass is 10.1. The number of anilines is 2. The number of fused-ring (bicyclic) bond motifs is 2. The molecule has 0 unspecified atom stereocenters. The average Bonchev–Trinajstić information content (AvgIpc) is 3.42. The molecule has 0 aliphatic heterocycles. The molecule has 2 N–H and O–H groups in total. The minimum absolute atomic E-state index is 0.665. The van der Waals surface area contributed by atoms with Gasteiger partial charge in [0, 0.05) is 41.3 Å². The van der Waals surface area contributed by atoms with Crippen molar-refractivity contribution >= 4 is 27.9 Å². The van der Waals surface area contributed by atoms with Gasteiger partial charge in [0.15, 0.2) is 17.1 Å². The number of methoxy groups -OCH3 is 2. The Hall–Kier alpha value is -4.00. The summed E-state index contributed by atoms with van der Waals surface area (Å²) in [5, 5.41) is 11.7. The maximum Gasteiger partial charge on any atom is 0.162 e. The Labute approximate surface area is 166 Å². The summed E-state index contributed by atoms with van der Waals surface area (Å²) in [4.78, 5) is 4.50. The fraction of sp³-hybridized carbons (Fsp3) is 0.0909. The maximum atomic E-state index is 5.42. The monoisotopic (exact) mass is 385 g/mol. The number of aromatic nitrogens is 4. The SMILES string of the molecule is COc1ccc(Nc2cc(-c3ccc4cn[nH]c4c3)cn3ccnc23)cc1OC. The Balaban J connectivity index is 1.59. The third kappa shape index (κ3) is 3.02. The number of aromatic amines is 1. The lowest BCUT2D eigenvalue weighted by Crippen LogP contribution is -1.98. The Morgan fingerprint density at radius 1 is 0.966 bits per heavy atom. The number of H-pyrrole nitrogens is 1. The van der Waals surface area contributed by atoms with E-state index in [0.29, 0.717) is 11.5 Å². The second-order valence-corrected chi connectivity index (χ2v) is 6.67. The van der Waals surface area contributed by atoms with E-state index < -0.39 is 0 Å². The first-order chi connectivity index (χ1) is 14.2. The molecule has 5 rings (SSSR count). The molecule has 7 heteroatoms. The number of nitrogens with one attached hydrogen (secondary N) is 2. The largest absolute Gasteiger partial charge is 0.493 e. The summed E-state index contributed by atoms with van der Waals surface area (Å²) in [7, 11) is 3.25. The van der Waals surface area contributed by atoms with Gasteiger partial charge < -0.3 is 19.2 Å². The predicted octanol–water partition coefficient (Wildman–Crippen LogP) is 4.64. The van der Waals surface area contributed by atoms with Crippen LogP contribution in [-0.2, 0) is 0 Å². The molecule has 2 aromatic carbocycles. The molecule has 0 saturated heterocycles. The van der Waals surface area contributed by atoms with Crippen LogP contribution in [0.15, 0.2) is 67.3 Å². The van der Waals surface area contributed by atoms with Crippen molar-refractivity contribution in [2.75, 3.05) is 19.5 Å². The van der Waals surface area contributed by atoms with Crippen LogP contribution in [0.25, 0.3) is 27.7 Å². The van der Waals surface area contributed by atoms with Crippen molar-refractivity contribution in [2.45, 2.75) is 0 Å². The molecule has 29 heavy (non-hydrogen) atoms. The van der Waals surface area contributed by atoms with E-state index in [2.05, 4.69) is 51.0 Å². The highest BCUT2D eigenvalue weighted by Crippen LogP contribution is 2.33. The molecule has 3 heterocycles. The fourth-order valence-electron chi connectivity index (χ4n) is 3.47.